The van der Waals surface area contributed by atoms with E-state index >= 15 is 0 Å². The molecule has 0 radical (unpaired) electrons. The number of carbonyl (C=O) groups is 2. The largest absolute Gasteiger partial charge is 0.394 e. The zero-order valence-electron chi connectivity index (χ0n) is 33.5. The van der Waals surface area contributed by atoms with Gasteiger partial charge in [-0.25, -0.2) is 0 Å². The number of nitrogens with zero attached hydrogens (tertiary/aromatic N) is 1. The summed E-state index contributed by atoms with van der Waals surface area (Å²) >= 11 is 0. The number of fused-ring (bicyclic) bond motifs is 3. The Morgan fingerprint density at radius 2 is 1.72 bits per heavy atom. The van der Waals surface area contributed by atoms with Gasteiger partial charge < -0.3 is 72.9 Å². The summed E-state index contributed by atoms with van der Waals surface area (Å²) in [5.41, 5.74) is 16.4. The van der Waals surface area contributed by atoms with E-state index in [4.69, 9.17) is 31.4 Å². The van der Waals surface area contributed by atoms with Crippen LogP contribution in [0.2, 0.25) is 0 Å². The predicted molar refractivity (Wildman–Crippen MR) is 208 cm³/mol. The van der Waals surface area contributed by atoms with E-state index < -0.39 is 78.8 Å². The van der Waals surface area contributed by atoms with E-state index in [0.29, 0.717) is 31.6 Å². The van der Waals surface area contributed by atoms with Crippen molar-refractivity contribution in [1.29, 1.82) is 0 Å². The number of piperidine rings is 2. The van der Waals surface area contributed by atoms with Gasteiger partial charge in [-0.15, -0.1) is 0 Å². The lowest BCUT2D eigenvalue weighted by Crippen LogP contribution is -2.69. The molecule has 3 aliphatic heterocycles. The first kappa shape index (κ1) is 43.2. The maximum absolute atomic E-state index is 14.9. The molecule has 3 heterocycles. The number of nitrogens with one attached hydrogen (secondary N) is 3. The summed E-state index contributed by atoms with van der Waals surface area (Å²) in [6.07, 6.45) is -1.53. The molecule has 3 saturated heterocycles. The fourth-order valence-electron chi connectivity index (χ4n) is 12.3. The molecule has 0 amide bonds. The van der Waals surface area contributed by atoms with Crippen LogP contribution < -0.4 is 33.2 Å². The van der Waals surface area contributed by atoms with Crippen LogP contribution >= 0.6 is 0 Å². The Labute approximate surface area is 335 Å². The van der Waals surface area contributed by atoms with Crippen LogP contribution in [0.1, 0.15) is 77.0 Å². The Hall–Kier alpha value is -1.87. The maximum Gasteiger partial charge on any atom is 0.188 e. The molecule has 7 fully saturated rings. The average Bonchev–Trinajstić information content (AvgIpc) is 3.20. The standard InChI is InChI=1S/C40H69N7O10/c1-44-39(43)47-25-5-4-20(11-19-3-6-28(41)46-16-19)22-15-24-32(34(50)30(22)25)35(51)31-23(33(24)49)13-21(55-2)14-26(31)56-38-36(52)37(53)40(54,27(17-48)57-38)9-7-18-8-10-45-29(42)12-18/h18-32,34,36-38,45-46,48,50,52-54H,3-17,41-42H2,1-2H3,(H3,43,44,47)/t18?,19?,20-,21?,22?,23?,24?,25?,26?,27+,28?,29?,30?,31?,32?,34?,36+,37+,38-,40+/m0/s1. The summed E-state index contributed by atoms with van der Waals surface area (Å²) < 4.78 is 18.3. The predicted octanol–water partition coefficient (Wildman–Crippen LogP) is -1.98. The lowest BCUT2D eigenvalue weighted by molar-refractivity contribution is -0.346. The zero-order chi connectivity index (χ0) is 40.8. The van der Waals surface area contributed by atoms with Crippen LogP contribution in [0, 0.1) is 53.3 Å². The van der Waals surface area contributed by atoms with Crippen molar-refractivity contribution in [3.05, 3.63) is 0 Å². The molecular weight excluding hydrogens is 738 g/mol. The molecule has 14 N–H and O–H groups in total. The number of Topliss-reactive ketones (excluding diaryl/α,β-unsaturated/α-hetero) is 2. The van der Waals surface area contributed by atoms with Crippen molar-refractivity contribution in [1.82, 2.24) is 16.0 Å². The number of aliphatic hydroxyl groups is 5. The Morgan fingerprint density at radius 1 is 0.947 bits per heavy atom. The van der Waals surface area contributed by atoms with Crippen LogP contribution in [0.3, 0.4) is 0 Å². The number of ether oxygens (including phenoxy) is 3. The Morgan fingerprint density at radius 3 is 2.40 bits per heavy atom. The summed E-state index contributed by atoms with van der Waals surface area (Å²) in [5, 5.41) is 67.3. The van der Waals surface area contributed by atoms with Gasteiger partial charge in [0.25, 0.3) is 0 Å². The van der Waals surface area contributed by atoms with E-state index in [2.05, 4.69) is 20.9 Å². The minimum Gasteiger partial charge on any atom is -0.394 e. The van der Waals surface area contributed by atoms with E-state index in [9.17, 15) is 35.1 Å². The third kappa shape index (κ3) is 8.55. The second-order valence-electron chi connectivity index (χ2n) is 18.5. The summed E-state index contributed by atoms with van der Waals surface area (Å²) in [6.45, 7) is 0.893. The highest BCUT2D eigenvalue weighted by atomic mass is 16.7. The Balaban J connectivity index is 1.11. The molecule has 17 heteroatoms. The smallest absolute Gasteiger partial charge is 0.188 e. The van der Waals surface area contributed by atoms with Crippen molar-refractivity contribution in [3.8, 4) is 0 Å². The molecule has 0 aromatic carbocycles. The number of carbonyl (C=O) groups excluding carboxylic acids is 2. The normalized spacial score (nSPS) is 49.4. The molecule has 324 valence electrons. The van der Waals surface area contributed by atoms with Gasteiger partial charge in [0, 0.05) is 44.4 Å². The molecule has 20 atom stereocenters. The number of guanidine groups is 1. The van der Waals surface area contributed by atoms with Crippen molar-refractivity contribution < 1.29 is 49.3 Å². The first-order valence-corrected chi connectivity index (χ1v) is 21.5. The second kappa shape index (κ2) is 18.0. The van der Waals surface area contributed by atoms with E-state index in [1.807, 2.05) is 0 Å². The van der Waals surface area contributed by atoms with Crippen LogP contribution in [0.15, 0.2) is 4.99 Å². The Kier molecular flexibility index (Phi) is 13.7. The highest BCUT2D eigenvalue weighted by molar-refractivity contribution is 6.00. The number of hydrogen-bond donors (Lipinski definition) is 11. The summed E-state index contributed by atoms with van der Waals surface area (Å²) in [7, 11) is 3.14. The summed E-state index contributed by atoms with van der Waals surface area (Å²) in [6, 6.07) is -0.242. The van der Waals surface area contributed by atoms with Crippen molar-refractivity contribution in [2.75, 3.05) is 33.9 Å². The molecule has 14 unspecified atom stereocenters. The van der Waals surface area contributed by atoms with Gasteiger partial charge in [0.15, 0.2) is 12.2 Å². The monoisotopic (exact) mass is 808 g/mol. The molecule has 4 saturated carbocycles. The lowest BCUT2D eigenvalue weighted by atomic mass is 9.49. The number of nitrogens with two attached hydrogens (primary N) is 3. The maximum atomic E-state index is 14.9. The van der Waals surface area contributed by atoms with Gasteiger partial charge in [-0.3, -0.25) is 14.6 Å². The molecule has 0 spiro atoms. The molecule has 4 aliphatic carbocycles. The van der Waals surface area contributed by atoms with Crippen LogP contribution in [0.5, 0.6) is 0 Å². The lowest BCUT2D eigenvalue weighted by Gasteiger charge is -2.57. The fraction of sp³-hybridized carbons (Fsp3) is 0.925. The number of ketones is 2. The number of rotatable bonds is 10. The summed E-state index contributed by atoms with van der Waals surface area (Å²) in [5.74, 6) is -2.99. The van der Waals surface area contributed by atoms with Gasteiger partial charge in [-0.2, -0.15) is 0 Å². The van der Waals surface area contributed by atoms with E-state index in [1.165, 1.54) is 0 Å². The molecule has 57 heavy (non-hydrogen) atoms. The third-order valence-corrected chi connectivity index (χ3v) is 15.4. The van der Waals surface area contributed by atoms with Gasteiger partial charge in [0.05, 0.1) is 49.1 Å². The van der Waals surface area contributed by atoms with Crippen molar-refractivity contribution in [3.63, 3.8) is 0 Å². The first-order valence-electron chi connectivity index (χ1n) is 21.5. The SMILES string of the molecule is CN=C(N)NC1CC[C@@H](CC2CCC(N)NC2)C2CC3C(=O)C4CC(OC)CC(O[C@H]5O[C@H](CO)[C@](O)(CCC6CCNC(N)C6)[C@H](O)[C@H]5O)C4C(=O)C3C(O)C12. The van der Waals surface area contributed by atoms with Gasteiger partial charge in [0.2, 0.25) is 0 Å². The van der Waals surface area contributed by atoms with E-state index in [-0.39, 0.29) is 72.4 Å². The molecule has 7 rings (SSSR count). The van der Waals surface area contributed by atoms with Gasteiger partial charge in [0.1, 0.15) is 35.5 Å². The number of aliphatic hydroxyl groups excluding tert-OH is 4. The topological polar surface area (TPSA) is 289 Å². The minimum atomic E-state index is -1.98. The highest BCUT2D eigenvalue weighted by Crippen LogP contribution is 2.55. The summed E-state index contributed by atoms with van der Waals surface area (Å²) in [4.78, 5) is 33.8. The van der Waals surface area contributed by atoms with Crippen LogP contribution in [-0.2, 0) is 23.8 Å². The second-order valence-corrected chi connectivity index (χ2v) is 18.5. The van der Waals surface area contributed by atoms with E-state index in [0.717, 1.165) is 51.6 Å². The van der Waals surface area contributed by atoms with Crippen LogP contribution in [-0.4, -0.2) is 144 Å². The van der Waals surface area contributed by atoms with Gasteiger partial charge >= 0.3 is 0 Å². The quantitative estimate of drug-likeness (QED) is 0.0842. The molecule has 7 aliphatic rings. The van der Waals surface area contributed by atoms with Crippen LogP contribution in [0.4, 0.5) is 0 Å². The average molecular weight is 808 g/mol. The number of aliphatic imine (C=N–C) groups is 1. The molecule has 17 nitrogen and oxygen atoms in total. The molecule has 0 bridgehead atoms. The van der Waals surface area contributed by atoms with Crippen molar-refractivity contribution >= 4 is 17.5 Å². The van der Waals surface area contributed by atoms with E-state index in [1.54, 1.807) is 14.2 Å². The molecule has 0 aromatic rings. The number of hydrogen-bond acceptors (Lipinski definition) is 15. The van der Waals surface area contributed by atoms with Crippen molar-refractivity contribution in [2.45, 2.75) is 144 Å². The van der Waals surface area contributed by atoms with Crippen molar-refractivity contribution in [2.24, 2.45) is 75.5 Å². The fourth-order valence-corrected chi connectivity index (χ4v) is 12.3. The third-order valence-electron chi connectivity index (χ3n) is 15.4. The van der Waals surface area contributed by atoms with Crippen LogP contribution in [0.25, 0.3) is 0 Å². The zero-order valence-corrected chi connectivity index (χ0v) is 33.5. The first-order chi connectivity index (χ1) is 27.3. The molecule has 0 aromatic heterocycles. The molecular formula is C40H69N7O10. The number of methoxy groups -OCH3 is 1. The van der Waals surface area contributed by atoms with Gasteiger partial charge in [-0.05, 0) is 107 Å². The minimum absolute atomic E-state index is 0.00712. The Bertz CT molecular complexity index is 1430. The van der Waals surface area contributed by atoms with Gasteiger partial charge in [-0.1, -0.05) is 0 Å². The highest BCUT2D eigenvalue weighted by Gasteiger charge is 2.63.